The Morgan fingerprint density at radius 1 is 1.25 bits per heavy atom. The summed E-state index contributed by atoms with van der Waals surface area (Å²) in [5.74, 6) is -0.735. The van der Waals surface area contributed by atoms with Crippen LogP contribution in [0.1, 0.15) is 43.5 Å². The van der Waals surface area contributed by atoms with E-state index >= 15 is 0 Å². The van der Waals surface area contributed by atoms with Gasteiger partial charge in [0.05, 0.1) is 18.8 Å². The van der Waals surface area contributed by atoms with Crippen molar-refractivity contribution >= 4 is 11.8 Å². The van der Waals surface area contributed by atoms with Gasteiger partial charge in [-0.1, -0.05) is 0 Å². The summed E-state index contributed by atoms with van der Waals surface area (Å²) in [7, 11) is 1.30. The maximum Gasteiger partial charge on any atom is 0.305 e. The molecule has 0 N–H and O–H groups in total. The van der Waals surface area contributed by atoms with Crippen molar-refractivity contribution in [3.8, 4) is 5.75 Å². The zero-order valence-corrected chi connectivity index (χ0v) is 11.9. The maximum atomic E-state index is 13.3. The zero-order chi connectivity index (χ0) is 15.1. The largest absolute Gasteiger partial charge is 0.490 e. The molecule has 0 bridgehead atoms. The number of carbonyl (C=O) groups excluding carboxylic acids is 2. The Morgan fingerprint density at radius 3 is 2.55 bits per heavy atom. The average molecular weight is 282 g/mol. The summed E-state index contributed by atoms with van der Waals surface area (Å²) >= 11 is 0. The van der Waals surface area contributed by atoms with Crippen molar-refractivity contribution in [1.82, 2.24) is 0 Å². The number of hydrogen-bond donors (Lipinski definition) is 0. The molecule has 0 atom stereocenters. The molecule has 5 heteroatoms. The summed E-state index contributed by atoms with van der Waals surface area (Å²) in [5.41, 5.74) is 0.212. The summed E-state index contributed by atoms with van der Waals surface area (Å²) in [6.07, 6.45) is 0.565. The Morgan fingerprint density at radius 2 is 1.95 bits per heavy atom. The molecule has 20 heavy (non-hydrogen) atoms. The summed E-state index contributed by atoms with van der Waals surface area (Å²) in [4.78, 5) is 23.0. The second kappa shape index (κ2) is 7.62. The lowest BCUT2D eigenvalue weighted by atomic mass is 10.0. The summed E-state index contributed by atoms with van der Waals surface area (Å²) in [6, 6.07) is 3.87. The Labute approximate surface area is 117 Å². The third-order valence-electron chi connectivity index (χ3n) is 2.62. The van der Waals surface area contributed by atoms with Gasteiger partial charge < -0.3 is 9.47 Å². The lowest BCUT2D eigenvalue weighted by Gasteiger charge is -2.13. The summed E-state index contributed by atoms with van der Waals surface area (Å²) in [6.45, 7) is 3.66. The standard InChI is InChI=1S/C15H19FO4/c1-10(2)20-14-8-7-11(16)9-12(14)13(17)5-4-6-15(18)19-3/h7-10H,4-6H2,1-3H3. The average Bonchev–Trinajstić information content (AvgIpc) is 2.39. The van der Waals surface area contributed by atoms with Crippen LogP contribution < -0.4 is 4.74 Å². The van der Waals surface area contributed by atoms with Gasteiger partial charge in [-0.15, -0.1) is 0 Å². The van der Waals surface area contributed by atoms with Gasteiger partial charge in [-0.2, -0.15) is 0 Å². The van der Waals surface area contributed by atoms with Crippen molar-refractivity contribution in [2.24, 2.45) is 0 Å². The Kier molecular flexibility index (Phi) is 6.15. The Bertz CT molecular complexity index is 483. The third-order valence-corrected chi connectivity index (χ3v) is 2.62. The number of hydrogen-bond acceptors (Lipinski definition) is 4. The smallest absolute Gasteiger partial charge is 0.305 e. The third kappa shape index (κ3) is 4.99. The number of carbonyl (C=O) groups is 2. The normalized spacial score (nSPS) is 10.4. The van der Waals surface area contributed by atoms with Gasteiger partial charge in [-0.05, 0) is 38.5 Å². The van der Waals surface area contributed by atoms with Crippen molar-refractivity contribution in [2.75, 3.05) is 7.11 Å². The molecular formula is C15H19FO4. The molecular weight excluding hydrogens is 263 g/mol. The molecule has 0 heterocycles. The first-order valence-corrected chi connectivity index (χ1v) is 6.50. The lowest BCUT2D eigenvalue weighted by molar-refractivity contribution is -0.140. The maximum absolute atomic E-state index is 13.3. The van der Waals surface area contributed by atoms with Gasteiger partial charge in [-0.3, -0.25) is 9.59 Å². The Hall–Kier alpha value is -1.91. The molecule has 0 fully saturated rings. The van der Waals surface area contributed by atoms with Crippen LogP contribution in [-0.2, 0) is 9.53 Å². The molecule has 0 saturated heterocycles. The molecule has 0 aliphatic rings. The predicted molar refractivity (Wildman–Crippen MR) is 72.4 cm³/mol. The van der Waals surface area contributed by atoms with Crippen LogP contribution in [0.4, 0.5) is 4.39 Å². The van der Waals surface area contributed by atoms with Gasteiger partial charge in [0.25, 0.3) is 0 Å². The quantitative estimate of drug-likeness (QED) is 0.569. The van der Waals surface area contributed by atoms with E-state index < -0.39 is 5.82 Å². The molecule has 0 amide bonds. The summed E-state index contributed by atoms with van der Waals surface area (Å²) in [5, 5.41) is 0. The number of halogens is 1. The van der Waals surface area contributed by atoms with Crippen LogP contribution in [-0.4, -0.2) is 25.0 Å². The molecule has 4 nitrogen and oxygen atoms in total. The first kappa shape index (κ1) is 16.1. The minimum atomic E-state index is -0.488. The zero-order valence-electron chi connectivity index (χ0n) is 11.9. The van der Waals surface area contributed by atoms with Crippen LogP contribution >= 0.6 is 0 Å². The van der Waals surface area contributed by atoms with Gasteiger partial charge in [0.15, 0.2) is 5.78 Å². The van der Waals surface area contributed by atoms with Crippen LogP contribution in [0.15, 0.2) is 18.2 Å². The highest BCUT2D eigenvalue weighted by molar-refractivity contribution is 5.98. The van der Waals surface area contributed by atoms with Crippen molar-refractivity contribution in [2.45, 2.75) is 39.2 Å². The second-order valence-electron chi connectivity index (χ2n) is 4.66. The van der Waals surface area contributed by atoms with Crippen molar-refractivity contribution in [3.63, 3.8) is 0 Å². The fraction of sp³-hybridized carbons (Fsp3) is 0.467. The number of benzene rings is 1. The number of rotatable bonds is 7. The SMILES string of the molecule is COC(=O)CCCC(=O)c1cc(F)ccc1OC(C)C. The van der Waals surface area contributed by atoms with Crippen molar-refractivity contribution < 1.29 is 23.5 Å². The predicted octanol–water partition coefficient (Wildman–Crippen LogP) is 3.14. The molecule has 0 saturated carbocycles. The van der Waals surface area contributed by atoms with Crippen LogP contribution in [0.5, 0.6) is 5.75 Å². The van der Waals surface area contributed by atoms with E-state index in [0.717, 1.165) is 6.07 Å². The van der Waals surface area contributed by atoms with Crippen molar-refractivity contribution in [1.29, 1.82) is 0 Å². The van der Waals surface area contributed by atoms with E-state index in [2.05, 4.69) is 4.74 Å². The first-order valence-electron chi connectivity index (χ1n) is 6.50. The molecule has 0 radical (unpaired) electrons. The minimum Gasteiger partial charge on any atom is -0.490 e. The molecule has 0 aromatic heterocycles. The van der Waals surface area contributed by atoms with E-state index in [4.69, 9.17) is 4.74 Å². The molecule has 1 aromatic rings. The number of ketones is 1. The number of ether oxygens (including phenoxy) is 2. The highest BCUT2D eigenvalue weighted by Crippen LogP contribution is 2.23. The van der Waals surface area contributed by atoms with E-state index in [1.165, 1.54) is 19.2 Å². The van der Waals surface area contributed by atoms with Gasteiger partial charge in [0, 0.05) is 12.8 Å². The second-order valence-corrected chi connectivity index (χ2v) is 4.66. The van der Waals surface area contributed by atoms with Crippen LogP contribution in [0, 0.1) is 5.82 Å². The van der Waals surface area contributed by atoms with Crippen molar-refractivity contribution in [3.05, 3.63) is 29.6 Å². The topological polar surface area (TPSA) is 52.6 Å². The van der Waals surface area contributed by atoms with E-state index in [9.17, 15) is 14.0 Å². The van der Waals surface area contributed by atoms with E-state index in [1.54, 1.807) is 0 Å². The molecule has 0 unspecified atom stereocenters. The molecule has 0 spiro atoms. The highest BCUT2D eigenvalue weighted by atomic mass is 19.1. The van der Waals surface area contributed by atoms with Gasteiger partial charge in [0.2, 0.25) is 0 Å². The molecule has 0 aliphatic carbocycles. The fourth-order valence-electron chi connectivity index (χ4n) is 1.71. The van der Waals surface area contributed by atoms with Crippen LogP contribution in [0.25, 0.3) is 0 Å². The highest BCUT2D eigenvalue weighted by Gasteiger charge is 2.15. The first-order chi connectivity index (χ1) is 9.43. The Balaban J connectivity index is 2.75. The van der Waals surface area contributed by atoms with Gasteiger partial charge in [0.1, 0.15) is 11.6 Å². The molecule has 1 aromatic carbocycles. The molecule has 0 aliphatic heterocycles. The minimum absolute atomic E-state index is 0.109. The molecule has 110 valence electrons. The monoisotopic (exact) mass is 282 g/mol. The number of methoxy groups -OCH3 is 1. The lowest BCUT2D eigenvalue weighted by Crippen LogP contribution is -2.11. The van der Waals surface area contributed by atoms with Crippen LogP contribution in [0.2, 0.25) is 0 Å². The van der Waals surface area contributed by atoms with Gasteiger partial charge >= 0.3 is 5.97 Å². The number of esters is 1. The van der Waals surface area contributed by atoms with Crippen LogP contribution in [0.3, 0.4) is 0 Å². The number of Topliss-reactive ketones (excluding diaryl/α,β-unsaturated/α-hetero) is 1. The van der Waals surface area contributed by atoms with Gasteiger partial charge in [-0.25, -0.2) is 4.39 Å². The van der Waals surface area contributed by atoms with E-state index in [0.29, 0.717) is 12.2 Å². The van der Waals surface area contributed by atoms with E-state index in [1.807, 2.05) is 13.8 Å². The fourth-order valence-corrected chi connectivity index (χ4v) is 1.71. The summed E-state index contributed by atoms with van der Waals surface area (Å²) < 4.78 is 23.3. The van der Waals surface area contributed by atoms with E-state index in [-0.39, 0.29) is 36.3 Å². The molecule has 1 rings (SSSR count).